The van der Waals surface area contributed by atoms with E-state index in [0.29, 0.717) is 5.56 Å². The van der Waals surface area contributed by atoms with E-state index in [4.69, 9.17) is 5.11 Å². The van der Waals surface area contributed by atoms with Gasteiger partial charge in [0.1, 0.15) is 6.10 Å². The first-order chi connectivity index (χ1) is 14.0. The molecule has 0 spiro atoms. The zero-order chi connectivity index (χ0) is 20.8. The van der Waals surface area contributed by atoms with E-state index in [0.717, 1.165) is 22.3 Å². The van der Waals surface area contributed by atoms with E-state index in [1.165, 1.54) is 30.3 Å². The molecule has 0 aromatic heterocycles. The minimum absolute atomic E-state index is 0.135. The van der Waals surface area contributed by atoms with Gasteiger partial charge in [0.2, 0.25) is 0 Å². The second-order valence-electron chi connectivity index (χ2n) is 6.64. The molecule has 1 unspecified atom stereocenters. The van der Waals surface area contributed by atoms with Gasteiger partial charge in [0.25, 0.3) is 0 Å². The smallest absolute Gasteiger partial charge is 0.335 e. The van der Waals surface area contributed by atoms with Gasteiger partial charge in [0.05, 0.1) is 5.56 Å². The van der Waals surface area contributed by atoms with Crippen LogP contribution in [-0.4, -0.2) is 22.1 Å². The van der Waals surface area contributed by atoms with Crippen LogP contribution in [-0.2, 0) is 4.89 Å². The fourth-order valence-corrected chi connectivity index (χ4v) is 2.88. The first kappa shape index (κ1) is 20.2. The molecule has 0 aliphatic carbocycles. The summed E-state index contributed by atoms with van der Waals surface area (Å²) in [5.41, 5.74) is 4.09. The number of ketones is 1. The molecule has 0 radical (unpaired) electrons. The Bertz CT molecular complexity index is 1020. The van der Waals surface area contributed by atoms with Gasteiger partial charge >= 0.3 is 5.97 Å². The van der Waals surface area contributed by atoms with Crippen molar-refractivity contribution in [2.45, 2.75) is 13.0 Å². The number of hydrogen-bond acceptors (Lipinski definition) is 4. The van der Waals surface area contributed by atoms with Crippen LogP contribution in [0.25, 0.3) is 6.08 Å². The Labute approximate surface area is 168 Å². The molecule has 5 nitrogen and oxygen atoms in total. The molecular formula is C24H20O5. The van der Waals surface area contributed by atoms with Crippen molar-refractivity contribution in [3.05, 3.63) is 112 Å². The molecule has 0 saturated heterocycles. The molecule has 3 aromatic rings. The molecular weight excluding hydrogens is 368 g/mol. The Morgan fingerprint density at radius 2 is 1.34 bits per heavy atom. The minimum atomic E-state index is -1.03. The normalized spacial score (nSPS) is 12.1. The number of hydrogen-bond donors (Lipinski definition) is 2. The predicted octanol–water partition coefficient (Wildman–Crippen LogP) is 5.17. The fourth-order valence-electron chi connectivity index (χ4n) is 2.88. The molecule has 0 aliphatic heterocycles. The van der Waals surface area contributed by atoms with E-state index >= 15 is 0 Å². The quantitative estimate of drug-likeness (QED) is 0.252. The molecule has 0 saturated carbocycles. The lowest BCUT2D eigenvalue weighted by molar-refractivity contribution is -0.270. The number of aryl methyl sites for hydroxylation is 1. The van der Waals surface area contributed by atoms with Gasteiger partial charge in [-0.15, -0.1) is 0 Å². The van der Waals surface area contributed by atoms with Gasteiger partial charge in [-0.1, -0.05) is 72.3 Å². The van der Waals surface area contributed by atoms with Gasteiger partial charge in [0.15, 0.2) is 5.78 Å². The van der Waals surface area contributed by atoms with Crippen LogP contribution >= 0.6 is 0 Å². The third kappa shape index (κ3) is 5.04. The Kier molecular flexibility index (Phi) is 6.34. The topological polar surface area (TPSA) is 83.8 Å². The maximum absolute atomic E-state index is 12.2. The SMILES string of the molecule is Cc1ccc(C(OO)c2ccc(C=CC(=O)c3ccc(C(=O)O)cc3)cc2)cc1. The number of benzene rings is 3. The summed E-state index contributed by atoms with van der Waals surface area (Å²) >= 11 is 0. The molecule has 5 heteroatoms. The molecule has 146 valence electrons. The molecule has 0 bridgehead atoms. The number of carboxylic acids is 1. The van der Waals surface area contributed by atoms with Crippen LogP contribution < -0.4 is 0 Å². The summed E-state index contributed by atoms with van der Waals surface area (Å²) in [5, 5.41) is 18.2. The van der Waals surface area contributed by atoms with Crippen LogP contribution in [0.15, 0.2) is 78.9 Å². The molecule has 1 atom stereocenters. The highest BCUT2D eigenvalue weighted by molar-refractivity contribution is 6.07. The van der Waals surface area contributed by atoms with Gasteiger partial charge in [-0.25, -0.2) is 9.68 Å². The van der Waals surface area contributed by atoms with Crippen LogP contribution in [0.1, 0.15) is 49.1 Å². The molecule has 0 amide bonds. The van der Waals surface area contributed by atoms with E-state index in [-0.39, 0.29) is 11.3 Å². The summed E-state index contributed by atoms with van der Waals surface area (Å²) in [5.74, 6) is -1.25. The highest BCUT2D eigenvalue weighted by Crippen LogP contribution is 2.26. The van der Waals surface area contributed by atoms with Gasteiger partial charge in [-0.05, 0) is 41.8 Å². The lowest BCUT2D eigenvalue weighted by atomic mass is 9.99. The number of carbonyl (C=O) groups excluding carboxylic acids is 1. The van der Waals surface area contributed by atoms with E-state index < -0.39 is 12.1 Å². The predicted molar refractivity (Wildman–Crippen MR) is 110 cm³/mol. The summed E-state index contributed by atoms with van der Waals surface area (Å²) in [6, 6.07) is 20.8. The van der Waals surface area contributed by atoms with Crippen LogP contribution in [0.2, 0.25) is 0 Å². The highest BCUT2D eigenvalue weighted by atomic mass is 17.1. The Hall–Kier alpha value is -3.54. The summed E-state index contributed by atoms with van der Waals surface area (Å²) in [4.78, 5) is 27.8. The van der Waals surface area contributed by atoms with E-state index in [1.807, 2.05) is 55.5 Å². The van der Waals surface area contributed by atoms with E-state index in [1.54, 1.807) is 6.08 Å². The van der Waals surface area contributed by atoms with Crippen molar-refractivity contribution in [3.63, 3.8) is 0 Å². The van der Waals surface area contributed by atoms with Gasteiger partial charge < -0.3 is 5.11 Å². The standard InChI is InChI=1S/C24H20O5/c1-16-2-7-19(8-3-16)23(29-28)20-9-4-17(5-10-20)6-15-22(25)18-11-13-21(14-12-18)24(26)27/h2-15,23,28H,1H3,(H,26,27). The van der Waals surface area contributed by atoms with Gasteiger partial charge in [-0.3, -0.25) is 10.1 Å². The van der Waals surface area contributed by atoms with Crippen molar-refractivity contribution >= 4 is 17.8 Å². The average molecular weight is 388 g/mol. The van der Waals surface area contributed by atoms with Crippen molar-refractivity contribution < 1.29 is 24.8 Å². The molecule has 0 heterocycles. The monoisotopic (exact) mass is 388 g/mol. The minimum Gasteiger partial charge on any atom is -0.478 e. The van der Waals surface area contributed by atoms with Gasteiger partial charge in [-0.2, -0.15) is 0 Å². The number of aromatic carboxylic acids is 1. The Morgan fingerprint density at radius 1 is 0.828 bits per heavy atom. The second kappa shape index (κ2) is 9.10. The lowest BCUT2D eigenvalue weighted by Crippen LogP contribution is -2.03. The lowest BCUT2D eigenvalue weighted by Gasteiger charge is -2.14. The summed E-state index contributed by atoms with van der Waals surface area (Å²) in [7, 11) is 0. The number of carboxylic acid groups (broad SMARTS) is 1. The van der Waals surface area contributed by atoms with Crippen molar-refractivity contribution in [1.29, 1.82) is 0 Å². The maximum atomic E-state index is 12.2. The van der Waals surface area contributed by atoms with Crippen molar-refractivity contribution in [3.8, 4) is 0 Å². The summed E-state index contributed by atoms with van der Waals surface area (Å²) in [6.07, 6.45) is 2.52. The van der Waals surface area contributed by atoms with Crippen LogP contribution in [0.3, 0.4) is 0 Å². The van der Waals surface area contributed by atoms with Crippen LogP contribution in [0, 0.1) is 6.92 Å². The maximum Gasteiger partial charge on any atom is 0.335 e. The zero-order valence-electron chi connectivity index (χ0n) is 15.8. The second-order valence-corrected chi connectivity index (χ2v) is 6.64. The van der Waals surface area contributed by atoms with Crippen molar-refractivity contribution in [2.75, 3.05) is 0 Å². The number of rotatable bonds is 7. The Balaban J connectivity index is 1.71. The first-order valence-corrected chi connectivity index (χ1v) is 9.00. The third-order valence-corrected chi connectivity index (χ3v) is 4.57. The van der Waals surface area contributed by atoms with Crippen LogP contribution in [0.5, 0.6) is 0 Å². The summed E-state index contributed by atoms with van der Waals surface area (Å²) < 4.78 is 0. The van der Waals surface area contributed by atoms with Crippen molar-refractivity contribution in [1.82, 2.24) is 0 Å². The molecule has 3 aromatic carbocycles. The van der Waals surface area contributed by atoms with Gasteiger partial charge in [0, 0.05) is 5.56 Å². The van der Waals surface area contributed by atoms with E-state index in [9.17, 15) is 14.8 Å². The molecule has 0 fully saturated rings. The first-order valence-electron chi connectivity index (χ1n) is 9.00. The molecule has 0 aliphatic rings. The Morgan fingerprint density at radius 3 is 1.86 bits per heavy atom. The molecule has 3 rings (SSSR count). The number of allylic oxidation sites excluding steroid dienone is 1. The highest BCUT2D eigenvalue weighted by Gasteiger charge is 2.14. The fraction of sp³-hybridized carbons (Fsp3) is 0.0833. The van der Waals surface area contributed by atoms with Crippen molar-refractivity contribution in [2.24, 2.45) is 0 Å². The third-order valence-electron chi connectivity index (χ3n) is 4.57. The largest absolute Gasteiger partial charge is 0.478 e. The van der Waals surface area contributed by atoms with Crippen LogP contribution in [0.4, 0.5) is 0 Å². The van der Waals surface area contributed by atoms with E-state index in [2.05, 4.69) is 4.89 Å². The zero-order valence-corrected chi connectivity index (χ0v) is 15.8. The summed E-state index contributed by atoms with van der Waals surface area (Å²) in [6.45, 7) is 1.99. The molecule has 29 heavy (non-hydrogen) atoms. The molecule has 2 N–H and O–H groups in total. The number of carbonyl (C=O) groups is 2. The average Bonchev–Trinajstić information content (AvgIpc) is 2.75.